The van der Waals surface area contributed by atoms with Crippen LogP contribution in [0.5, 0.6) is 11.5 Å². The lowest BCUT2D eigenvalue weighted by atomic mass is 10.1. The number of carbonyl (C=O) groups excluding carboxylic acids is 3. The smallest absolute Gasteiger partial charge is 0.243 e. The van der Waals surface area contributed by atoms with E-state index in [4.69, 9.17) is 9.47 Å². The van der Waals surface area contributed by atoms with Gasteiger partial charge in [0.05, 0.1) is 32.4 Å². The summed E-state index contributed by atoms with van der Waals surface area (Å²) in [4.78, 5) is 38.5. The Kier molecular flexibility index (Phi) is 6.33. The summed E-state index contributed by atoms with van der Waals surface area (Å²) in [6, 6.07) is 14.2. The number of hydrogen-bond donors (Lipinski definition) is 2. The molecule has 0 bridgehead atoms. The van der Waals surface area contributed by atoms with E-state index >= 15 is 0 Å². The van der Waals surface area contributed by atoms with Gasteiger partial charge in [0.2, 0.25) is 17.7 Å². The van der Waals surface area contributed by atoms with Crippen molar-refractivity contribution in [2.75, 3.05) is 37.5 Å². The zero-order chi connectivity index (χ0) is 20.8. The van der Waals surface area contributed by atoms with Crippen LogP contribution in [0, 0.1) is 5.92 Å². The molecule has 3 amide bonds. The van der Waals surface area contributed by atoms with Crippen LogP contribution in [0.25, 0.3) is 0 Å². The molecule has 0 radical (unpaired) electrons. The van der Waals surface area contributed by atoms with Gasteiger partial charge in [-0.15, -0.1) is 0 Å². The fraction of sp³-hybridized carbons (Fsp3) is 0.286. The van der Waals surface area contributed by atoms with Crippen molar-refractivity contribution >= 4 is 29.1 Å². The van der Waals surface area contributed by atoms with Gasteiger partial charge in [-0.25, -0.2) is 0 Å². The molecule has 3 rings (SSSR count). The molecule has 1 fully saturated rings. The fourth-order valence-electron chi connectivity index (χ4n) is 3.16. The molecule has 2 aromatic carbocycles. The molecule has 1 unspecified atom stereocenters. The van der Waals surface area contributed by atoms with Gasteiger partial charge in [0.1, 0.15) is 11.5 Å². The monoisotopic (exact) mass is 397 g/mol. The van der Waals surface area contributed by atoms with Crippen molar-refractivity contribution in [2.24, 2.45) is 5.92 Å². The van der Waals surface area contributed by atoms with Crippen LogP contribution in [-0.4, -0.2) is 45.0 Å². The molecule has 0 aliphatic carbocycles. The number of hydrogen-bond acceptors (Lipinski definition) is 5. The molecule has 1 aliphatic rings. The SMILES string of the molecule is COc1ccc(OC)c(NC(=O)CNC(=O)C2CC(=O)N(c3ccccc3)C2)c1. The van der Waals surface area contributed by atoms with E-state index in [1.807, 2.05) is 30.3 Å². The van der Waals surface area contributed by atoms with E-state index in [0.29, 0.717) is 23.7 Å². The van der Waals surface area contributed by atoms with Crippen LogP contribution in [0.3, 0.4) is 0 Å². The summed E-state index contributed by atoms with van der Waals surface area (Å²) in [5.74, 6) is -0.302. The quantitative estimate of drug-likeness (QED) is 0.743. The molecule has 1 atom stereocenters. The molecule has 0 spiro atoms. The number of anilines is 2. The maximum atomic E-state index is 12.4. The standard InChI is InChI=1S/C21H23N3O5/c1-28-16-8-9-18(29-2)17(11-16)23-19(25)12-22-21(27)14-10-20(26)24(13-14)15-6-4-3-5-7-15/h3-9,11,14H,10,12-13H2,1-2H3,(H,22,27)(H,23,25). The number of methoxy groups -OCH3 is 2. The number of para-hydroxylation sites is 1. The maximum Gasteiger partial charge on any atom is 0.243 e. The zero-order valence-corrected chi connectivity index (χ0v) is 16.3. The molecule has 8 heteroatoms. The van der Waals surface area contributed by atoms with Crippen molar-refractivity contribution in [1.29, 1.82) is 0 Å². The van der Waals surface area contributed by atoms with E-state index in [0.717, 1.165) is 5.69 Å². The van der Waals surface area contributed by atoms with Crippen LogP contribution in [0.4, 0.5) is 11.4 Å². The average molecular weight is 397 g/mol. The number of ether oxygens (including phenoxy) is 2. The van der Waals surface area contributed by atoms with Gasteiger partial charge in [0.15, 0.2) is 0 Å². The normalized spacial score (nSPS) is 15.7. The Labute approximate surface area is 168 Å². The van der Waals surface area contributed by atoms with Crippen LogP contribution in [-0.2, 0) is 14.4 Å². The summed E-state index contributed by atoms with van der Waals surface area (Å²) in [5.41, 5.74) is 1.20. The number of nitrogens with zero attached hydrogens (tertiary/aromatic N) is 1. The van der Waals surface area contributed by atoms with Crippen LogP contribution in [0.15, 0.2) is 48.5 Å². The molecular weight excluding hydrogens is 374 g/mol. The Balaban J connectivity index is 1.54. The lowest BCUT2D eigenvalue weighted by Gasteiger charge is -2.16. The van der Waals surface area contributed by atoms with Crippen LogP contribution >= 0.6 is 0 Å². The van der Waals surface area contributed by atoms with Gasteiger partial charge >= 0.3 is 0 Å². The molecule has 0 saturated carbocycles. The molecule has 152 valence electrons. The summed E-state index contributed by atoms with van der Waals surface area (Å²) in [7, 11) is 3.02. The third-order valence-corrected chi connectivity index (χ3v) is 4.67. The van der Waals surface area contributed by atoms with Crippen LogP contribution in [0.2, 0.25) is 0 Å². The van der Waals surface area contributed by atoms with E-state index < -0.39 is 11.8 Å². The molecule has 1 saturated heterocycles. The van der Waals surface area contributed by atoms with Crippen LogP contribution in [0.1, 0.15) is 6.42 Å². The highest BCUT2D eigenvalue weighted by Gasteiger charge is 2.35. The van der Waals surface area contributed by atoms with Gasteiger partial charge in [-0.3, -0.25) is 14.4 Å². The lowest BCUT2D eigenvalue weighted by molar-refractivity contribution is -0.127. The summed E-state index contributed by atoms with van der Waals surface area (Å²) >= 11 is 0. The zero-order valence-electron chi connectivity index (χ0n) is 16.3. The van der Waals surface area contributed by atoms with E-state index in [9.17, 15) is 14.4 Å². The fourth-order valence-corrected chi connectivity index (χ4v) is 3.16. The van der Waals surface area contributed by atoms with E-state index in [2.05, 4.69) is 10.6 Å². The molecule has 0 aromatic heterocycles. The first-order valence-corrected chi connectivity index (χ1v) is 9.17. The second kappa shape index (κ2) is 9.09. The number of benzene rings is 2. The Morgan fingerprint density at radius 2 is 1.86 bits per heavy atom. The van der Waals surface area contributed by atoms with Crippen molar-refractivity contribution < 1.29 is 23.9 Å². The minimum absolute atomic E-state index is 0.109. The van der Waals surface area contributed by atoms with E-state index in [-0.39, 0.29) is 24.8 Å². The highest BCUT2D eigenvalue weighted by Crippen LogP contribution is 2.29. The minimum atomic E-state index is -0.498. The summed E-state index contributed by atoms with van der Waals surface area (Å²) < 4.78 is 10.4. The predicted octanol–water partition coefficient (Wildman–Crippen LogP) is 1.81. The Bertz CT molecular complexity index is 900. The van der Waals surface area contributed by atoms with Crippen molar-refractivity contribution in [3.8, 4) is 11.5 Å². The Hall–Kier alpha value is -3.55. The second-order valence-corrected chi connectivity index (χ2v) is 6.57. The number of nitrogens with one attached hydrogen (secondary N) is 2. The first-order valence-electron chi connectivity index (χ1n) is 9.17. The van der Waals surface area contributed by atoms with E-state index in [1.165, 1.54) is 14.2 Å². The van der Waals surface area contributed by atoms with Gasteiger partial charge in [-0.2, -0.15) is 0 Å². The van der Waals surface area contributed by atoms with Gasteiger partial charge in [0, 0.05) is 24.7 Å². The molecular formula is C21H23N3O5. The first kappa shape index (κ1) is 20.2. The topological polar surface area (TPSA) is 97.0 Å². The third-order valence-electron chi connectivity index (χ3n) is 4.67. The lowest BCUT2D eigenvalue weighted by Crippen LogP contribution is -2.38. The van der Waals surface area contributed by atoms with Crippen LogP contribution < -0.4 is 25.0 Å². The third kappa shape index (κ3) is 4.84. The number of rotatable bonds is 7. The number of amides is 3. The van der Waals surface area contributed by atoms with Gasteiger partial charge in [-0.1, -0.05) is 18.2 Å². The molecule has 29 heavy (non-hydrogen) atoms. The highest BCUT2D eigenvalue weighted by atomic mass is 16.5. The number of carbonyl (C=O) groups is 3. The Morgan fingerprint density at radius 1 is 1.10 bits per heavy atom. The van der Waals surface area contributed by atoms with Crippen molar-refractivity contribution in [2.45, 2.75) is 6.42 Å². The van der Waals surface area contributed by atoms with Gasteiger partial charge in [0.25, 0.3) is 0 Å². The molecule has 2 N–H and O–H groups in total. The molecule has 2 aromatic rings. The molecule has 8 nitrogen and oxygen atoms in total. The summed E-state index contributed by atoms with van der Waals surface area (Å²) in [5, 5.41) is 5.29. The summed E-state index contributed by atoms with van der Waals surface area (Å²) in [6.45, 7) is 0.0786. The second-order valence-electron chi connectivity index (χ2n) is 6.57. The average Bonchev–Trinajstić information content (AvgIpc) is 3.14. The highest BCUT2D eigenvalue weighted by molar-refractivity contribution is 6.01. The van der Waals surface area contributed by atoms with E-state index in [1.54, 1.807) is 23.1 Å². The Morgan fingerprint density at radius 3 is 2.55 bits per heavy atom. The van der Waals surface area contributed by atoms with Crippen molar-refractivity contribution in [3.63, 3.8) is 0 Å². The molecule has 1 heterocycles. The minimum Gasteiger partial charge on any atom is -0.497 e. The van der Waals surface area contributed by atoms with Crippen molar-refractivity contribution in [3.05, 3.63) is 48.5 Å². The van der Waals surface area contributed by atoms with Gasteiger partial charge in [-0.05, 0) is 24.3 Å². The predicted molar refractivity (Wildman–Crippen MR) is 108 cm³/mol. The first-order chi connectivity index (χ1) is 14.0. The molecule has 1 aliphatic heterocycles. The van der Waals surface area contributed by atoms with Crippen molar-refractivity contribution in [1.82, 2.24) is 5.32 Å². The largest absolute Gasteiger partial charge is 0.497 e. The maximum absolute atomic E-state index is 12.4. The van der Waals surface area contributed by atoms with Gasteiger partial charge < -0.3 is 25.0 Å². The summed E-state index contributed by atoms with van der Waals surface area (Å²) in [6.07, 6.45) is 0.117.